The van der Waals surface area contributed by atoms with E-state index < -0.39 is 5.97 Å². The molecule has 74 valence electrons. The SMILES string of the molecule is CCC(C(=O)O)C1CCCCC1.[BaH2]. The zero-order valence-corrected chi connectivity index (χ0v) is 7.75. The predicted molar refractivity (Wildman–Crippen MR) is 56.5 cm³/mol. The van der Waals surface area contributed by atoms with Gasteiger partial charge in [0.25, 0.3) is 0 Å². The third kappa shape index (κ3) is 4.39. The topological polar surface area (TPSA) is 37.3 Å². The van der Waals surface area contributed by atoms with Gasteiger partial charge < -0.3 is 5.11 Å². The Morgan fingerprint density at radius 3 is 2.31 bits per heavy atom. The van der Waals surface area contributed by atoms with Crippen molar-refractivity contribution in [3.8, 4) is 0 Å². The molecule has 1 saturated carbocycles. The van der Waals surface area contributed by atoms with Crippen molar-refractivity contribution in [1.82, 2.24) is 0 Å². The summed E-state index contributed by atoms with van der Waals surface area (Å²) in [6.45, 7) is 1.98. The molecule has 13 heavy (non-hydrogen) atoms. The molecule has 1 aliphatic carbocycles. The van der Waals surface area contributed by atoms with Gasteiger partial charge in [-0.25, -0.2) is 0 Å². The number of carboxylic acids is 1. The van der Waals surface area contributed by atoms with E-state index in [0.717, 1.165) is 19.3 Å². The molecule has 0 bridgehead atoms. The summed E-state index contributed by atoms with van der Waals surface area (Å²) in [4.78, 5) is 10.8. The fourth-order valence-corrected chi connectivity index (χ4v) is 2.25. The third-order valence-corrected chi connectivity index (χ3v) is 2.98. The van der Waals surface area contributed by atoms with Crippen molar-refractivity contribution in [2.45, 2.75) is 45.4 Å². The average molecular weight is 310 g/mol. The Morgan fingerprint density at radius 1 is 1.38 bits per heavy atom. The van der Waals surface area contributed by atoms with Gasteiger partial charge in [-0.05, 0) is 25.2 Å². The van der Waals surface area contributed by atoms with Crippen molar-refractivity contribution in [2.75, 3.05) is 0 Å². The summed E-state index contributed by atoms with van der Waals surface area (Å²) in [6.07, 6.45) is 6.81. The van der Waals surface area contributed by atoms with E-state index in [1.165, 1.54) is 19.3 Å². The number of hydrogen-bond donors (Lipinski definition) is 1. The van der Waals surface area contributed by atoms with Gasteiger partial charge in [0.05, 0.1) is 5.92 Å². The van der Waals surface area contributed by atoms with Crippen LogP contribution in [-0.4, -0.2) is 60.0 Å². The molecule has 0 radical (unpaired) electrons. The second-order valence-electron chi connectivity index (χ2n) is 3.75. The molecule has 1 aliphatic rings. The van der Waals surface area contributed by atoms with Gasteiger partial charge in [-0.3, -0.25) is 4.79 Å². The number of hydrogen-bond acceptors (Lipinski definition) is 1. The number of rotatable bonds is 3. The van der Waals surface area contributed by atoms with Crippen LogP contribution in [0.3, 0.4) is 0 Å². The minimum atomic E-state index is -0.593. The van der Waals surface area contributed by atoms with Crippen molar-refractivity contribution >= 4 is 54.9 Å². The molecule has 1 rings (SSSR count). The van der Waals surface area contributed by atoms with Crippen LogP contribution in [-0.2, 0) is 4.79 Å². The Hall–Kier alpha value is 1.04. The molecule has 0 aromatic carbocycles. The van der Waals surface area contributed by atoms with E-state index in [-0.39, 0.29) is 54.8 Å². The first kappa shape index (κ1) is 14.0. The molecule has 1 unspecified atom stereocenters. The van der Waals surface area contributed by atoms with E-state index >= 15 is 0 Å². The Balaban J connectivity index is 0.00000144. The molecule has 0 aromatic rings. The van der Waals surface area contributed by atoms with Crippen LogP contribution in [0.4, 0.5) is 0 Å². The Bertz CT molecular complexity index is 153. The number of carbonyl (C=O) groups is 1. The molecule has 0 spiro atoms. The van der Waals surface area contributed by atoms with E-state index in [2.05, 4.69) is 0 Å². The van der Waals surface area contributed by atoms with Gasteiger partial charge in [0.1, 0.15) is 0 Å². The maximum absolute atomic E-state index is 10.8. The van der Waals surface area contributed by atoms with Gasteiger partial charge in [0, 0.05) is 0 Å². The van der Waals surface area contributed by atoms with Crippen molar-refractivity contribution in [1.29, 1.82) is 0 Å². The van der Waals surface area contributed by atoms with Gasteiger partial charge in [0.2, 0.25) is 0 Å². The zero-order valence-electron chi connectivity index (χ0n) is 7.75. The van der Waals surface area contributed by atoms with Gasteiger partial charge in [-0.1, -0.05) is 26.2 Å². The van der Waals surface area contributed by atoms with Crippen LogP contribution in [0.5, 0.6) is 0 Å². The fourth-order valence-electron chi connectivity index (χ4n) is 2.25. The first-order valence-electron chi connectivity index (χ1n) is 4.98. The Kier molecular flexibility index (Phi) is 7.94. The predicted octanol–water partition coefficient (Wildman–Crippen LogP) is 1.76. The molecule has 3 heteroatoms. The van der Waals surface area contributed by atoms with E-state index in [4.69, 9.17) is 5.11 Å². The van der Waals surface area contributed by atoms with Crippen molar-refractivity contribution in [2.24, 2.45) is 11.8 Å². The summed E-state index contributed by atoms with van der Waals surface area (Å²) < 4.78 is 0. The van der Waals surface area contributed by atoms with Crippen LogP contribution in [0.25, 0.3) is 0 Å². The van der Waals surface area contributed by atoms with Gasteiger partial charge in [-0.2, -0.15) is 0 Å². The van der Waals surface area contributed by atoms with Crippen LogP contribution in [0.2, 0.25) is 0 Å². The summed E-state index contributed by atoms with van der Waals surface area (Å²) in [5.41, 5.74) is 0. The maximum atomic E-state index is 10.8. The summed E-state index contributed by atoms with van der Waals surface area (Å²) >= 11 is 0. The molecule has 0 aliphatic heterocycles. The number of carboxylic acid groups (broad SMARTS) is 1. The molecule has 0 saturated heterocycles. The molecule has 1 fully saturated rings. The first-order valence-corrected chi connectivity index (χ1v) is 4.98. The summed E-state index contributed by atoms with van der Waals surface area (Å²) in [6, 6.07) is 0. The van der Waals surface area contributed by atoms with Crippen molar-refractivity contribution in [3.05, 3.63) is 0 Å². The van der Waals surface area contributed by atoms with Gasteiger partial charge in [-0.15, -0.1) is 0 Å². The Morgan fingerprint density at radius 2 is 1.92 bits per heavy atom. The first-order chi connectivity index (χ1) is 5.75. The van der Waals surface area contributed by atoms with E-state index in [9.17, 15) is 4.79 Å². The third-order valence-electron chi connectivity index (χ3n) is 2.98. The van der Waals surface area contributed by atoms with Crippen LogP contribution in [0, 0.1) is 11.8 Å². The van der Waals surface area contributed by atoms with E-state index in [1.54, 1.807) is 0 Å². The summed E-state index contributed by atoms with van der Waals surface area (Å²) in [5.74, 6) is -0.212. The summed E-state index contributed by atoms with van der Waals surface area (Å²) in [5, 5.41) is 8.93. The molecule has 1 N–H and O–H groups in total. The van der Waals surface area contributed by atoms with Crippen molar-refractivity contribution < 1.29 is 9.90 Å². The Labute approximate surface area is 121 Å². The van der Waals surface area contributed by atoms with Crippen LogP contribution >= 0.6 is 0 Å². The monoisotopic (exact) mass is 310 g/mol. The second-order valence-corrected chi connectivity index (χ2v) is 3.75. The van der Waals surface area contributed by atoms with E-state index in [0.29, 0.717) is 5.92 Å². The molecule has 0 amide bonds. The van der Waals surface area contributed by atoms with Crippen LogP contribution in [0.15, 0.2) is 0 Å². The fraction of sp³-hybridized carbons (Fsp3) is 0.900. The average Bonchev–Trinajstić information content (AvgIpc) is 2.07. The summed E-state index contributed by atoms with van der Waals surface area (Å²) in [7, 11) is 0. The van der Waals surface area contributed by atoms with Crippen molar-refractivity contribution in [3.63, 3.8) is 0 Å². The molecular formula is C10H20BaO2. The normalized spacial score (nSPS) is 20.4. The van der Waals surface area contributed by atoms with Crippen LogP contribution < -0.4 is 0 Å². The minimum absolute atomic E-state index is 0. The molecule has 0 aromatic heterocycles. The molecular weight excluding hydrogens is 289 g/mol. The quantitative estimate of drug-likeness (QED) is 0.807. The van der Waals surface area contributed by atoms with Gasteiger partial charge in [0.15, 0.2) is 0 Å². The molecule has 0 heterocycles. The number of aliphatic carboxylic acids is 1. The standard InChI is InChI=1S/C10H18O2.Ba.2H/c1-2-9(10(11)12)8-6-4-3-5-7-8;;;/h8-9H,2-7H2,1H3,(H,11,12);;;. The van der Waals surface area contributed by atoms with Gasteiger partial charge >= 0.3 is 54.9 Å². The zero-order chi connectivity index (χ0) is 8.97. The van der Waals surface area contributed by atoms with Crippen LogP contribution in [0.1, 0.15) is 45.4 Å². The second kappa shape index (κ2) is 7.35. The van der Waals surface area contributed by atoms with E-state index in [1.807, 2.05) is 6.92 Å². The molecule has 1 atom stereocenters. The molecule has 2 nitrogen and oxygen atoms in total.